The molecule has 4 nitrogen and oxygen atoms in total. The van der Waals surface area contributed by atoms with Gasteiger partial charge in [0.1, 0.15) is 0 Å². The van der Waals surface area contributed by atoms with Crippen LogP contribution in [0.4, 0.5) is 13.2 Å². The van der Waals surface area contributed by atoms with E-state index in [0.717, 1.165) is 44.9 Å². The number of benzene rings is 1. The first kappa shape index (κ1) is 19.2. The predicted molar refractivity (Wildman–Crippen MR) is 93.8 cm³/mol. The highest BCUT2D eigenvalue weighted by Gasteiger charge is 2.32. The Morgan fingerprint density at radius 1 is 1.08 bits per heavy atom. The topological polar surface area (TPSA) is 26.8 Å². The second kappa shape index (κ2) is 7.96. The van der Waals surface area contributed by atoms with Crippen molar-refractivity contribution in [1.82, 2.24) is 14.7 Å². The van der Waals surface area contributed by atoms with Gasteiger partial charge in [0.2, 0.25) is 5.91 Å². The predicted octanol–water partition coefficient (Wildman–Crippen LogP) is 2.49. The van der Waals surface area contributed by atoms with Crippen LogP contribution in [0.3, 0.4) is 0 Å². The maximum absolute atomic E-state index is 12.8. The Kier molecular flexibility index (Phi) is 5.87. The molecular weight excluding hydrogens is 343 g/mol. The van der Waals surface area contributed by atoms with Gasteiger partial charge in [-0.05, 0) is 50.7 Å². The minimum atomic E-state index is -4.35. The molecule has 2 fully saturated rings. The second-order valence-electron chi connectivity index (χ2n) is 7.38. The van der Waals surface area contributed by atoms with E-state index in [1.54, 1.807) is 0 Å². The van der Waals surface area contributed by atoms with E-state index in [1.807, 2.05) is 4.90 Å². The van der Waals surface area contributed by atoms with E-state index in [1.165, 1.54) is 25.0 Å². The monoisotopic (exact) mass is 369 g/mol. The number of alkyl halides is 3. The average molecular weight is 369 g/mol. The van der Waals surface area contributed by atoms with Crippen molar-refractivity contribution in [2.24, 2.45) is 0 Å². The zero-order valence-electron chi connectivity index (χ0n) is 15.1. The fourth-order valence-corrected chi connectivity index (χ4v) is 3.85. The molecule has 1 amide bonds. The smallest absolute Gasteiger partial charge is 0.336 e. The van der Waals surface area contributed by atoms with E-state index in [2.05, 4.69) is 16.8 Å². The van der Waals surface area contributed by atoms with Crippen LogP contribution >= 0.6 is 0 Å². The van der Waals surface area contributed by atoms with Crippen molar-refractivity contribution >= 4 is 5.91 Å². The zero-order chi connectivity index (χ0) is 18.7. The van der Waals surface area contributed by atoms with Crippen molar-refractivity contribution in [3.8, 4) is 0 Å². The van der Waals surface area contributed by atoms with Gasteiger partial charge in [0.15, 0.2) is 0 Å². The number of likely N-dealkylation sites (N-methyl/N-ethyl adjacent to an activating group) is 1. The lowest BCUT2D eigenvalue weighted by molar-refractivity contribution is -0.137. The van der Waals surface area contributed by atoms with E-state index >= 15 is 0 Å². The van der Waals surface area contributed by atoms with Gasteiger partial charge < -0.3 is 14.7 Å². The van der Waals surface area contributed by atoms with Gasteiger partial charge in [-0.25, -0.2) is 0 Å². The molecule has 1 unspecified atom stereocenters. The number of carbonyl (C=O) groups is 1. The Bertz CT molecular complexity index is 611. The summed E-state index contributed by atoms with van der Waals surface area (Å²) in [6.07, 6.45) is -1.77. The van der Waals surface area contributed by atoms with Gasteiger partial charge in [0.25, 0.3) is 0 Å². The van der Waals surface area contributed by atoms with E-state index in [9.17, 15) is 18.0 Å². The Morgan fingerprint density at radius 2 is 1.73 bits per heavy atom. The summed E-state index contributed by atoms with van der Waals surface area (Å²) in [5.74, 6) is 0.00190. The third kappa shape index (κ3) is 4.76. The van der Waals surface area contributed by atoms with Crippen LogP contribution in [0.5, 0.6) is 0 Å². The van der Waals surface area contributed by atoms with E-state index < -0.39 is 11.7 Å². The highest BCUT2D eigenvalue weighted by molar-refractivity contribution is 5.79. The van der Waals surface area contributed by atoms with Crippen LogP contribution in [0.2, 0.25) is 0 Å². The normalized spacial score (nSPS) is 22.8. The zero-order valence-corrected chi connectivity index (χ0v) is 15.1. The molecule has 1 aromatic rings. The molecule has 26 heavy (non-hydrogen) atoms. The lowest BCUT2D eigenvalue weighted by Crippen LogP contribution is -2.58. The van der Waals surface area contributed by atoms with Crippen LogP contribution in [0, 0.1) is 0 Å². The number of hydrogen-bond donors (Lipinski definition) is 0. The molecule has 2 saturated heterocycles. The molecule has 0 spiro atoms. The van der Waals surface area contributed by atoms with E-state index in [4.69, 9.17) is 0 Å². The number of piperazine rings is 1. The molecule has 1 aromatic carbocycles. The Balaban J connectivity index is 1.64. The molecule has 2 aliphatic heterocycles. The standard InChI is InChI=1S/C19H26F3N3O/c1-23-10-11-25(17(13-23)14-24-8-2-3-9-24)18(26)12-15-4-6-16(7-5-15)19(20,21)22/h4-7,17H,2-3,8-14H2,1H3. The molecule has 7 heteroatoms. The maximum atomic E-state index is 12.8. The molecule has 2 aliphatic rings. The van der Waals surface area contributed by atoms with Crippen LogP contribution in [0.15, 0.2) is 24.3 Å². The molecule has 0 aliphatic carbocycles. The minimum absolute atomic E-state index is 0.00190. The van der Waals surface area contributed by atoms with Crippen LogP contribution < -0.4 is 0 Å². The van der Waals surface area contributed by atoms with Gasteiger partial charge in [0.05, 0.1) is 18.0 Å². The highest BCUT2D eigenvalue weighted by Crippen LogP contribution is 2.29. The number of hydrogen-bond acceptors (Lipinski definition) is 3. The first-order valence-electron chi connectivity index (χ1n) is 9.19. The number of rotatable bonds is 4. The Hall–Kier alpha value is -1.60. The summed E-state index contributed by atoms with van der Waals surface area (Å²) in [6.45, 7) is 5.39. The van der Waals surface area contributed by atoms with Gasteiger partial charge in [0, 0.05) is 26.2 Å². The summed E-state index contributed by atoms with van der Waals surface area (Å²) in [7, 11) is 2.06. The Morgan fingerprint density at radius 3 is 2.35 bits per heavy atom. The third-order valence-electron chi connectivity index (χ3n) is 5.31. The van der Waals surface area contributed by atoms with Crippen LogP contribution in [0.1, 0.15) is 24.0 Å². The van der Waals surface area contributed by atoms with Gasteiger partial charge >= 0.3 is 6.18 Å². The van der Waals surface area contributed by atoms with Crippen molar-refractivity contribution < 1.29 is 18.0 Å². The summed E-state index contributed by atoms with van der Waals surface area (Å²) in [5, 5.41) is 0. The van der Waals surface area contributed by atoms with Gasteiger partial charge in [-0.2, -0.15) is 13.2 Å². The van der Waals surface area contributed by atoms with Crippen molar-refractivity contribution in [3.63, 3.8) is 0 Å². The maximum Gasteiger partial charge on any atom is 0.416 e. The number of halogens is 3. The first-order chi connectivity index (χ1) is 12.3. The molecule has 0 radical (unpaired) electrons. The fourth-order valence-electron chi connectivity index (χ4n) is 3.85. The summed E-state index contributed by atoms with van der Waals surface area (Å²) < 4.78 is 38.0. The molecular formula is C19H26F3N3O. The lowest BCUT2D eigenvalue weighted by Gasteiger charge is -2.41. The van der Waals surface area contributed by atoms with Gasteiger partial charge in [-0.3, -0.25) is 4.79 Å². The second-order valence-corrected chi connectivity index (χ2v) is 7.38. The van der Waals surface area contributed by atoms with Crippen molar-refractivity contribution in [1.29, 1.82) is 0 Å². The molecule has 0 N–H and O–H groups in total. The number of amides is 1. The van der Waals surface area contributed by atoms with Crippen LogP contribution in [-0.2, 0) is 17.4 Å². The van der Waals surface area contributed by atoms with Gasteiger partial charge in [-0.15, -0.1) is 0 Å². The molecule has 2 heterocycles. The van der Waals surface area contributed by atoms with Crippen molar-refractivity contribution in [3.05, 3.63) is 35.4 Å². The summed E-state index contributed by atoms with van der Waals surface area (Å²) in [4.78, 5) is 19.4. The van der Waals surface area contributed by atoms with Crippen LogP contribution in [-0.4, -0.2) is 73.0 Å². The number of likely N-dealkylation sites (tertiary alicyclic amines) is 1. The minimum Gasteiger partial charge on any atom is -0.336 e. The largest absolute Gasteiger partial charge is 0.416 e. The highest BCUT2D eigenvalue weighted by atomic mass is 19.4. The number of nitrogens with zero attached hydrogens (tertiary/aromatic N) is 3. The quantitative estimate of drug-likeness (QED) is 0.816. The Labute approximate surface area is 152 Å². The lowest BCUT2D eigenvalue weighted by atomic mass is 10.1. The average Bonchev–Trinajstić information content (AvgIpc) is 3.07. The first-order valence-corrected chi connectivity index (χ1v) is 9.19. The fraction of sp³-hybridized carbons (Fsp3) is 0.632. The molecule has 0 bridgehead atoms. The van der Waals surface area contributed by atoms with Gasteiger partial charge in [-0.1, -0.05) is 12.1 Å². The van der Waals surface area contributed by atoms with Crippen molar-refractivity contribution in [2.45, 2.75) is 31.5 Å². The van der Waals surface area contributed by atoms with Crippen molar-refractivity contribution in [2.75, 3.05) is 46.3 Å². The van der Waals surface area contributed by atoms with Crippen LogP contribution in [0.25, 0.3) is 0 Å². The summed E-state index contributed by atoms with van der Waals surface area (Å²) >= 11 is 0. The molecule has 0 saturated carbocycles. The molecule has 0 aromatic heterocycles. The summed E-state index contributed by atoms with van der Waals surface area (Å²) in [6, 6.07) is 5.06. The third-order valence-corrected chi connectivity index (χ3v) is 5.31. The van der Waals surface area contributed by atoms with E-state index in [0.29, 0.717) is 12.1 Å². The molecule has 144 valence electrons. The molecule has 3 rings (SSSR count). The number of carbonyl (C=O) groups excluding carboxylic acids is 1. The SMILES string of the molecule is CN1CCN(C(=O)Cc2ccc(C(F)(F)F)cc2)C(CN2CCCC2)C1. The van der Waals surface area contributed by atoms with E-state index in [-0.39, 0.29) is 18.4 Å². The molecule has 1 atom stereocenters. The summed E-state index contributed by atoms with van der Waals surface area (Å²) in [5.41, 5.74) is -0.0537.